The molecule has 1 rings (SSSR count). The lowest BCUT2D eigenvalue weighted by Crippen LogP contribution is -2.19. The zero-order valence-corrected chi connectivity index (χ0v) is 10.1. The summed E-state index contributed by atoms with van der Waals surface area (Å²) >= 11 is 2.88. The normalized spacial score (nSPS) is 13.9. The molecule has 0 aliphatic carbocycles. The Labute approximate surface area is 103 Å². The van der Waals surface area contributed by atoms with Gasteiger partial charge < -0.3 is 4.74 Å². The maximum Gasteiger partial charge on any atom is 0.395 e. The van der Waals surface area contributed by atoms with Crippen molar-refractivity contribution in [3.8, 4) is 5.75 Å². The van der Waals surface area contributed by atoms with Crippen LogP contribution in [0.2, 0.25) is 0 Å². The molecule has 17 heavy (non-hydrogen) atoms. The van der Waals surface area contributed by atoms with Gasteiger partial charge in [0, 0.05) is 5.56 Å². The fourth-order valence-corrected chi connectivity index (χ4v) is 1.73. The molecule has 0 fully saturated rings. The van der Waals surface area contributed by atoms with E-state index in [4.69, 9.17) is 0 Å². The second-order valence-electron chi connectivity index (χ2n) is 3.30. The van der Waals surface area contributed by atoms with Crippen LogP contribution in [0.5, 0.6) is 5.75 Å². The van der Waals surface area contributed by atoms with E-state index in [1.54, 1.807) is 0 Å². The van der Waals surface area contributed by atoms with Crippen LogP contribution in [-0.4, -0.2) is 12.8 Å². The molecule has 1 nitrogen and oxygen atoms in total. The van der Waals surface area contributed by atoms with E-state index in [0.717, 1.165) is 13.0 Å². The molecule has 1 unspecified atom stereocenters. The smallest absolute Gasteiger partial charge is 0.395 e. The summed E-state index contributed by atoms with van der Waals surface area (Å²) in [5, 5.41) is 0. The van der Waals surface area contributed by atoms with E-state index in [1.165, 1.54) is 12.1 Å². The largest absolute Gasteiger partial charge is 0.433 e. The summed E-state index contributed by atoms with van der Waals surface area (Å²) in [5.74, 6) is -2.36. The van der Waals surface area contributed by atoms with Crippen molar-refractivity contribution < 1.29 is 26.7 Å². The van der Waals surface area contributed by atoms with Gasteiger partial charge >= 0.3 is 12.8 Å². The van der Waals surface area contributed by atoms with E-state index in [9.17, 15) is 22.0 Å². The standard InChI is InChI=1S/C10H8BrF5O/c1-5(10(14,15)16)6-3-2-4-7(11)8(6)17-9(12)13/h2-5,9H,1H3. The lowest BCUT2D eigenvalue weighted by molar-refractivity contribution is -0.147. The highest BCUT2D eigenvalue weighted by atomic mass is 79.9. The Morgan fingerprint density at radius 1 is 1.24 bits per heavy atom. The van der Waals surface area contributed by atoms with Gasteiger partial charge in [0.15, 0.2) is 0 Å². The van der Waals surface area contributed by atoms with Crippen LogP contribution in [0.25, 0.3) is 0 Å². The number of hydrogen-bond donors (Lipinski definition) is 0. The van der Waals surface area contributed by atoms with Crippen LogP contribution >= 0.6 is 15.9 Å². The van der Waals surface area contributed by atoms with Crippen molar-refractivity contribution in [1.29, 1.82) is 0 Å². The molecule has 0 heterocycles. The van der Waals surface area contributed by atoms with Gasteiger partial charge in [-0.1, -0.05) is 12.1 Å². The topological polar surface area (TPSA) is 9.23 Å². The molecule has 0 radical (unpaired) electrons. The van der Waals surface area contributed by atoms with Gasteiger partial charge in [0.25, 0.3) is 0 Å². The van der Waals surface area contributed by atoms with Crippen LogP contribution in [0.15, 0.2) is 22.7 Å². The van der Waals surface area contributed by atoms with E-state index in [0.29, 0.717) is 0 Å². The van der Waals surface area contributed by atoms with Crippen molar-refractivity contribution in [2.24, 2.45) is 0 Å². The third kappa shape index (κ3) is 3.55. The average Bonchev–Trinajstić information content (AvgIpc) is 2.18. The minimum atomic E-state index is -4.51. The molecule has 0 aromatic heterocycles. The minimum Gasteiger partial charge on any atom is -0.433 e. The molecule has 1 aromatic carbocycles. The van der Waals surface area contributed by atoms with Gasteiger partial charge in [0.1, 0.15) is 5.75 Å². The molecule has 0 N–H and O–H groups in total. The third-order valence-corrected chi connectivity index (χ3v) is 2.79. The lowest BCUT2D eigenvalue weighted by Gasteiger charge is -2.20. The molecule has 1 atom stereocenters. The maximum absolute atomic E-state index is 12.5. The first-order chi connectivity index (χ1) is 7.73. The van der Waals surface area contributed by atoms with Gasteiger partial charge in [0.2, 0.25) is 0 Å². The summed E-state index contributed by atoms with van der Waals surface area (Å²) < 4.78 is 66.0. The van der Waals surface area contributed by atoms with Crippen molar-refractivity contribution >= 4 is 15.9 Å². The van der Waals surface area contributed by atoms with Crippen molar-refractivity contribution in [3.05, 3.63) is 28.2 Å². The number of hydrogen-bond acceptors (Lipinski definition) is 1. The third-order valence-electron chi connectivity index (χ3n) is 2.16. The molecule has 0 aliphatic rings. The highest BCUT2D eigenvalue weighted by Gasteiger charge is 2.39. The fourth-order valence-electron chi connectivity index (χ4n) is 1.26. The number of ether oxygens (including phenoxy) is 1. The first-order valence-corrected chi connectivity index (χ1v) is 5.32. The van der Waals surface area contributed by atoms with E-state index in [1.807, 2.05) is 0 Å². The van der Waals surface area contributed by atoms with Gasteiger partial charge in [-0.05, 0) is 28.9 Å². The molecule has 0 saturated carbocycles. The maximum atomic E-state index is 12.5. The monoisotopic (exact) mass is 318 g/mol. The van der Waals surface area contributed by atoms with Gasteiger partial charge in [0.05, 0.1) is 10.4 Å². The van der Waals surface area contributed by atoms with E-state index in [2.05, 4.69) is 20.7 Å². The molecular weight excluding hydrogens is 311 g/mol. The van der Waals surface area contributed by atoms with Crippen molar-refractivity contribution in [2.75, 3.05) is 0 Å². The second-order valence-corrected chi connectivity index (χ2v) is 4.15. The molecule has 7 heteroatoms. The Bertz CT molecular complexity index is 391. The van der Waals surface area contributed by atoms with Crippen LogP contribution in [-0.2, 0) is 0 Å². The van der Waals surface area contributed by atoms with E-state index >= 15 is 0 Å². The summed E-state index contributed by atoms with van der Waals surface area (Å²) in [6.45, 7) is -2.28. The first-order valence-electron chi connectivity index (χ1n) is 4.53. The van der Waals surface area contributed by atoms with E-state index in [-0.39, 0.29) is 10.0 Å². The Kier molecular flexibility index (Phi) is 4.35. The quantitative estimate of drug-likeness (QED) is 0.733. The van der Waals surface area contributed by atoms with Gasteiger partial charge in [-0.25, -0.2) is 0 Å². The predicted octanol–water partition coefficient (Wildman–Crippen LogP) is 4.72. The zero-order valence-electron chi connectivity index (χ0n) is 8.56. The van der Waals surface area contributed by atoms with Crippen molar-refractivity contribution in [1.82, 2.24) is 0 Å². The molecule has 0 aliphatic heterocycles. The van der Waals surface area contributed by atoms with Crippen LogP contribution in [0.4, 0.5) is 22.0 Å². The summed E-state index contributed by atoms with van der Waals surface area (Å²) in [6, 6.07) is 3.78. The highest BCUT2D eigenvalue weighted by molar-refractivity contribution is 9.10. The zero-order chi connectivity index (χ0) is 13.2. The number of alkyl halides is 5. The molecule has 0 bridgehead atoms. The van der Waals surface area contributed by atoms with Crippen molar-refractivity contribution in [3.63, 3.8) is 0 Å². The SMILES string of the molecule is CC(c1cccc(Br)c1OC(F)F)C(F)(F)F. The molecule has 1 aromatic rings. The second kappa shape index (κ2) is 5.20. The van der Waals surface area contributed by atoms with E-state index < -0.39 is 24.5 Å². The minimum absolute atomic E-state index is 0.0615. The Hall–Kier alpha value is -0.850. The summed E-state index contributed by atoms with van der Waals surface area (Å²) in [4.78, 5) is 0. The molecule has 0 saturated heterocycles. The summed E-state index contributed by atoms with van der Waals surface area (Å²) in [5.41, 5.74) is -0.327. The number of rotatable bonds is 3. The van der Waals surface area contributed by atoms with Crippen LogP contribution < -0.4 is 4.74 Å². The van der Waals surface area contributed by atoms with Crippen LogP contribution in [0.1, 0.15) is 18.4 Å². The van der Waals surface area contributed by atoms with Crippen LogP contribution in [0.3, 0.4) is 0 Å². The first kappa shape index (κ1) is 14.2. The summed E-state index contributed by atoms with van der Waals surface area (Å²) in [6.07, 6.45) is -4.51. The molecular formula is C10H8BrF5O. The molecule has 0 amide bonds. The Morgan fingerprint density at radius 3 is 2.29 bits per heavy atom. The van der Waals surface area contributed by atoms with Crippen LogP contribution in [0, 0.1) is 0 Å². The average molecular weight is 319 g/mol. The fraction of sp³-hybridized carbons (Fsp3) is 0.400. The Morgan fingerprint density at radius 2 is 1.82 bits per heavy atom. The Balaban J connectivity index is 3.19. The predicted molar refractivity (Wildman–Crippen MR) is 55.2 cm³/mol. The summed E-state index contributed by atoms with van der Waals surface area (Å²) in [7, 11) is 0. The van der Waals surface area contributed by atoms with Gasteiger partial charge in [-0.15, -0.1) is 0 Å². The molecule has 0 spiro atoms. The lowest BCUT2D eigenvalue weighted by atomic mass is 10.00. The highest BCUT2D eigenvalue weighted by Crippen LogP contribution is 2.42. The van der Waals surface area contributed by atoms with Crippen molar-refractivity contribution in [2.45, 2.75) is 25.6 Å². The van der Waals surface area contributed by atoms with Gasteiger partial charge in [-0.2, -0.15) is 22.0 Å². The number of halogens is 6. The number of para-hydroxylation sites is 1. The van der Waals surface area contributed by atoms with Gasteiger partial charge in [-0.3, -0.25) is 0 Å². The molecule has 96 valence electrons. The number of benzene rings is 1.